The summed E-state index contributed by atoms with van der Waals surface area (Å²) in [6.45, 7) is 15.5. The van der Waals surface area contributed by atoms with Crippen molar-refractivity contribution in [2.24, 2.45) is 40.2 Å². The molecule has 2 saturated carbocycles. The molecule has 1 heterocycles. The number of urea groups is 1. The molecule has 6 rings (SSSR count). The lowest BCUT2D eigenvalue weighted by atomic mass is 9.47. The van der Waals surface area contributed by atoms with Crippen LogP contribution in [0.5, 0.6) is 0 Å². The molecule has 15 nitrogen and oxygen atoms in total. The fourth-order valence-corrected chi connectivity index (χ4v) is 11.2. The van der Waals surface area contributed by atoms with E-state index in [9.17, 15) is 24.0 Å². The minimum Gasteiger partial charge on any atom is -0.446 e. The zero-order valence-electron chi connectivity index (χ0n) is 41.3. The first-order valence-electron chi connectivity index (χ1n) is 24.3. The highest BCUT2D eigenvalue weighted by atomic mass is 16.6. The van der Waals surface area contributed by atoms with Crippen molar-refractivity contribution in [2.75, 3.05) is 39.0 Å². The third kappa shape index (κ3) is 12.6. The Labute approximate surface area is 397 Å². The average Bonchev–Trinajstić information content (AvgIpc) is 3.64. The Morgan fingerprint density at radius 1 is 0.896 bits per heavy atom. The summed E-state index contributed by atoms with van der Waals surface area (Å²) in [6.07, 6.45) is 15.6. The monoisotopic (exact) mass is 925 g/mol. The summed E-state index contributed by atoms with van der Waals surface area (Å²) in [4.78, 5) is 71.7. The fourth-order valence-electron chi connectivity index (χ4n) is 11.2. The van der Waals surface area contributed by atoms with E-state index in [1.54, 1.807) is 38.4 Å². The van der Waals surface area contributed by atoms with Crippen LogP contribution in [-0.4, -0.2) is 102 Å². The van der Waals surface area contributed by atoms with Gasteiger partial charge >= 0.3 is 18.2 Å². The summed E-state index contributed by atoms with van der Waals surface area (Å²) in [5.74, 6) is 1.16. The number of rotatable bonds is 17. The Morgan fingerprint density at radius 3 is 2.25 bits per heavy atom. The van der Waals surface area contributed by atoms with Crippen molar-refractivity contribution in [1.29, 1.82) is 0 Å². The number of benzene rings is 1. The molecule has 2 aromatic rings. The first kappa shape index (κ1) is 51.0. The number of nitrogens with one attached hydrogen (secondary N) is 4. The second-order valence-electron chi connectivity index (χ2n) is 21.3. The predicted molar refractivity (Wildman–Crippen MR) is 260 cm³/mol. The number of pyridine rings is 1. The molecule has 0 radical (unpaired) electrons. The maximum atomic E-state index is 13.5. The van der Waals surface area contributed by atoms with Gasteiger partial charge in [0.15, 0.2) is 0 Å². The maximum absolute atomic E-state index is 13.5. The Bertz CT molecular complexity index is 2140. The van der Waals surface area contributed by atoms with Gasteiger partial charge in [0, 0.05) is 63.8 Å². The zero-order chi connectivity index (χ0) is 48.7. The van der Waals surface area contributed by atoms with Crippen LogP contribution in [0.15, 0.2) is 66.5 Å². The molecule has 4 aliphatic carbocycles. The van der Waals surface area contributed by atoms with Crippen LogP contribution in [0.4, 0.5) is 20.1 Å². The SMILES string of the molecule is CC(C)[C@H](NC(C)(C)C)C(=O)N[C@@H](CCCNC(N)=O)C(=O)Nc1ccc(COC(=O)N(C)CCN(C)C(=O)O[C@H]2CC[C@@]3(C)C(=CC[C@@H]4[C@@H]3CC[C@]3(C)C(c5cccnc5)=CC[C@@H]43)C2)cc1. The van der Waals surface area contributed by atoms with Crippen LogP contribution in [0.1, 0.15) is 117 Å². The lowest BCUT2D eigenvalue weighted by Crippen LogP contribution is -2.57. The van der Waals surface area contributed by atoms with E-state index in [1.165, 1.54) is 39.4 Å². The van der Waals surface area contributed by atoms with E-state index >= 15 is 0 Å². The van der Waals surface area contributed by atoms with Gasteiger partial charge in [-0.3, -0.25) is 14.6 Å². The molecule has 1 aromatic carbocycles. The third-order valence-electron chi connectivity index (χ3n) is 15.0. The molecule has 2 fully saturated rings. The smallest absolute Gasteiger partial charge is 0.409 e. The first-order valence-corrected chi connectivity index (χ1v) is 24.3. The Kier molecular flexibility index (Phi) is 16.5. The van der Waals surface area contributed by atoms with Crippen LogP contribution in [-0.2, 0) is 25.7 Å². The Morgan fingerprint density at radius 2 is 1.60 bits per heavy atom. The van der Waals surface area contributed by atoms with Gasteiger partial charge in [0.05, 0.1) is 6.04 Å². The molecular formula is C52H76N8O7. The topological polar surface area (TPSA) is 197 Å². The summed E-state index contributed by atoms with van der Waals surface area (Å²) in [7, 11) is 3.32. The van der Waals surface area contributed by atoms with Crippen molar-refractivity contribution in [1.82, 2.24) is 30.7 Å². The van der Waals surface area contributed by atoms with E-state index in [2.05, 4.69) is 58.3 Å². The van der Waals surface area contributed by atoms with Crippen LogP contribution in [0, 0.1) is 34.5 Å². The second-order valence-corrected chi connectivity index (χ2v) is 21.3. The quantitative estimate of drug-likeness (QED) is 0.0771. The Hall–Kier alpha value is -5.44. The number of hydrogen-bond donors (Lipinski definition) is 5. The van der Waals surface area contributed by atoms with Crippen LogP contribution < -0.4 is 27.0 Å². The summed E-state index contributed by atoms with van der Waals surface area (Å²) < 4.78 is 11.7. The lowest BCUT2D eigenvalue weighted by Gasteiger charge is -2.57. The van der Waals surface area contributed by atoms with Crippen LogP contribution in [0.2, 0.25) is 0 Å². The molecule has 0 spiro atoms. The minimum absolute atomic E-state index is 0.000448. The molecule has 0 saturated heterocycles. The van der Waals surface area contributed by atoms with Crippen molar-refractivity contribution >= 4 is 41.3 Å². The second kappa shape index (κ2) is 21.7. The molecular weight excluding hydrogens is 849 g/mol. The summed E-state index contributed by atoms with van der Waals surface area (Å²) in [5.41, 5.74) is 10.6. The molecule has 0 unspecified atom stereocenters. The first-order chi connectivity index (χ1) is 31.7. The number of allylic oxidation sites excluding steroid dienone is 3. The molecule has 67 heavy (non-hydrogen) atoms. The van der Waals surface area contributed by atoms with Gasteiger partial charge in [0.2, 0.25) is 11.8 Å². The average molecular weight is 925 g/mol. The number of hydrogen-bond acceptors (Lipinski definition) is 9. The molecule has 1 aromatic heterocycles. The number of primary amides is 1. The standard InChI is InChI=1S/C52H76N8O7/c1-33(2)44(58-50(3,4)5)46(62)57-43(13-11-27-55-47(53)63)45(61)56-37-17-14-34(15-18-37)32-66-48(64)59(8)28-29-60(9)49(65)67-38-22-24-51(6)36(30-38)16-19-39-41-21-20-40(35-12-10-26-54-31-35)52(41,7)25-23-42(39)51/h10,12,14-18,20,26,31,33,38-39,41-44,58H,11,13,19,21-25,27-30,32H2,1-9H3,(H,56,61)(H,57,62)(H3,53,55,63)/t38-,39-,41-,42-,43-,44-,51-,52+/m0/s1. The molecule has 8 atom stereocenters. The van der Waals surface area contributed by atoms with Gasteiger partial charge in [-0.25, -0.2) is 14.4 Å². The maximum Gasteiger partial charge on any atom is 0.409 e. The number of fused-ring (bicyclic) bond motifs is 5. The lowest BCUT2D eigenvalue weighted by molar-refractivity contribution is -0.129. The number of nitrogens with zero attached hydrogens (tertiary/aromatic N) is 3. The van der Waals surface area contributed by atoms with E-state index in [4.69, 9.17) is 15.2 Å². The summed E-state index contributed by atoms with van der Waals surface area (Å²) >= 11 is 0. The number of aromatic nitrogens is 1. The normalized spacial score (nSPS) is 25.2. The van der Waals surface area contributed by atoms with Gasteiger partial charge in [0.1, 0.15) is 18.8 Å². The van der Waals surface area contributed by atoms with Crippen LogP contribution >= 0.6 is 0 Å². The van der Waals surface area contributed by atoms with Crippen molar-refractivity contribution in [3.63, 3.8) is 0 Å². The molecule has 0 aliphatic heterocycles. The Balaban J connectivity index is 0.932. The highest BCUT2D eigenvalue weighted by molar-refractivity contribution is 5.98. The van der Waals surface area contributed by atoms with E-state index < -0.39 is 36.2 Å². The van der Waals surface area contributed by atoms with Crippen LogP contribution in [0.3, 0.4) is 0 Å². The number of ether oxygens (including phenoxy) is 2. The molecule has 15 heteroatoms. The third-order valence-corrected chi connectivity index (χ3v) is 15.0. The van der Waals surface area contributed by atoms with E-state index in [0.717, 1.165) is 32.1 Å². The fraction of sp³-hybridized carbons (Fsp3) is 0.615. The number of anilines is 1. The molecule has 6 N–H and O–H groups in total. The van der Waals surface area contributed by atoms with Crippen molar-refractivity contribution in [3.8, 4) is 0 Å². The van der Waals surface area contributed by atoms with Gasteiger partial charge in [0.25, 0.3) is 0 Å². The van der Waals surface area contributed by atoms with Crippen molar-refractivity contribution in [2.45, 2.75) is 137 Å². The van der Waals surface area contributed by atoms with Gasteiger partial charge in [-0.05, 0) is 142 Å². The zero-order valence-corrected chi connectivity index (χ0v) is 41.3. The molecule has 0 bridgehead atoms. The number of carbonyl (C=O) groups excluding carboxylic acids is 5. The van der Waals surface area contributed by atoms with Gasteiger partial charge < -0.3 is 46.3 Å². The number of likely N-dealkylation sites (N-methyl/N-ethyl adjacent to an activating group) is 2. The highest BCUT2D eigenvalue weighted by Gasteiger charge is 2.57. The van der Waals surface area contributed by atoms with Crippen LogP contribution in [0.25, 0.3) is 5.57 Å². The molecule has 6 amide bonds. The van der Waals surface area contributed by atoms with Gasteiger partial charge in [-0.15, -0.1) is 0 Å². The van der Waals surface area contributed by atoms with Gasteiger partial charge in [-0.2, -0.15) is 0 Å². The number of carbonyl (C=O) groups is 5. The molecule has 4 aliphatic rings. The van der Waals surface area contributed by atoms with Crippen molar-refractivity contribution in [3.05, 3.63) is 77.6 Å². The number of nitrogens with two attached hydrogens (primary N) is 1. The summed E-state index contributed by atoms with van der Waals surface area (Å²) in [6, 6.07) is 9.06. The van der Waals surface area contributed by atoms with E-state index in [1.807, 2.05) is 53.1 Å². The predicted octanol–water partition coefficient (Wildman–Crippen LogP) is 8.03. The summed E-state index contributed by atoms with van der Waals surface area (Å²) in [5, 5.41) is 11.6. The molecule has 366 valence electrons. The van der Waals surface area contributed by atoms with E-state index in [0.29, 0.717) is 35.4 Å². The van der Waals surface area contributed by atoms with Crippen molar-refractivity contribution < 1.29 is 33.4 Å². The number of amides is 6. The highest BCUT2D eigenvalue weighted by Crippen LogP contribution is 2.66. The largest absolute Gasteiger partial charge is 0.446 e. The minimum atomic E-state index is -0.875. The van der Waals surface area contributed by atoms with Gasteiger partial charge in [-0.1, -0.05) is 63.6 Å². The van der Waals surface area contributed by atoms with E-state index in [-0.39, 0.29) is 67.0 Å².